The number of fused-ring (bicyclic) bond motifs is 1. The van der Waals surface area contributed by atoms with Gasteiger partial charge in [-0.25, -0.2) is 4.79 Å². The lowest BCUT2D eigenvalue weighted by Crippen LogP contribution is -2.29. The zero-order chi connectivity index (χ0) is 21.6. The van der Waals surface area contributed by atoms with E-state index in [4.69, 9.17) is 9.47 Å². The molecule has 2 aliphatic carbocycles. The number of allylic oxidation sites excluding steroid dienone is 1. The first-order valence-electron chi connectivity index (χ1n) is 11.4. The summed E-state index contributed by atoms with van der Waals surface area (Å²) in [7, 11) is 0. The smallest absolute Gasteiger partial charge is 0.343 e. The van der Waals surface area contributed by atoms with Gasteiger partial charge in [0.05, 0.1) is 5.56 Å². The van der Waals surface area contributed by atoms with E-state index in [0.717, 1.165) is 23.5 Å². The van der Waals surface area contributed by atoms with Gasteiger partial charge in [0.25, 0.3) is 0 Å². The van der Waals surface area contributed by atoms with Gasteiger partial charge in [-0.15, -0.1) is 6.58 Å². The minimum atomic E-state index is -0.335. The number of carbonyl (C=O) groups excluding carboxylic acids is 1. The molecule has 4 rings (SSSR count). The molecule has 4 atom stereocenters. The maximum absolute atomic E-state index is 12.5. The Hall–Kier alpha value is -2.81. The van der Waals surface area contributed by atoms with E-state index in [-0.39, 0.29) is 5.97 Å². The predicted molar refractivity (Wildman–Crippen MR) is 125 cm³/mol. The number of hydrogen-bond acceptors (Lipinski definition) is 3. The van der Waals surface area contributed by atoms with E-state index >= 15 is 0 Å². The predicted octanol–water partition coefficient (Wildman–Crippen LogP) is 6.96. The van der Waals surface area contributed by atoms with Gasteiger partial charge in [0.15, 0.2) is 0 Å². The van der Waals surface area contributed by atoms with Crippen molar-refractivity contribution in [1.29, 1.82) is 0 Å². The summed E-state index contributed by atoms with van der Waals surface area (Å²) < 4.78 is 11.0. The van der Waals surface area contributed by atoms with E-state index in [1.54, 1.807) is 30.3 Å². The summed E-state index contributed by atoms with van der Waals surface area (Å²) >= 11 is 0. The number of rotatable bonds is 7. The SMILES string of the molecule is C=CCOc1ccc(OC(=O)c2ccc(C3CCC4CC(C=C)CCC4C3)cc2)cc1. The van der Waals surface area contributed by atoms with Crippen LogP contribution >= 0.6 is 0 Å². The Morgan fingerprint density at radius 1 is 0.871 bits per heavy atom. The average Bonchev–Trinajstić information content (AvgIpc) is 2.83. The molecule has 0 heterocycles. The Morgan fingerprint density at radius 3 is 2.26 bits per heavy atom. The van der Waals surface area contributed by atoms with Crippen molar-refractivity contribution in [2.24, 2.45) is 17.8 Å². The van der Waals surface area contributed by atoms with Crippen molar-refractivity contribution in [1.82, 2.24) is 0 Å². The zero-order valence-electron chi connectivity index (χ0n) is 18.2. The molecule has 0 aromatic heterocycles. The van der Waals surface area contributed by atoms with E-state index in [1.165, 1.54) is 44.1 Å². The minimum Gasteiger partial charge on any atom is -0.490 e. The van der Waals surface area contributed by atoms with Crippen molar-refractivity contribution in [3.05, 3.63) is 85.0 Å². The fourth-order valence-corrected chi connectivity index (χ4v) is 5.26. The standard InChI is InChI=1S/C28H32O3/c1-3-17-30-26-13-15-27(16-14-26)31-28(29)22-9-7-21(8-10-22)24-12-11-23-18-20(4-2)5-6-25(23)19-24/h3-4,7-10,13-16,20,23-25H,1-2,5-6,11-12,17-19H2. The maximum Gasteiger partial charge on any atom is 0.343 e. The van der Waals surface area contributed by atoms with E-state index < -0.39 is 0 Å². The molecule has 2 saturated carbocycles. The number of esters is 1. The Kier molecular flexibility index (Phi) is 6.91. The van der Waals surface area contributed by atoms with E-state index in [2.05, 4.69) is 31.4 Å². The lowest BCUT2D eigenvalue weighted by Gasteiger charge is -2.41. The highest BCUT2D eigenvalue weighted by Gasteiger charge is 2.35. The molecule has 0 radical (unpaired) electrons. The summed E-state index contributed by atoms with van der Waals surface area (Å²) in [6.07, 6.45) is 11.6. The summed E-state index contributed by atoms with van der Waals surface area (Å²) in [4.78, 5) is 12.5. The van der Waals surface area contributed by atoms with Crippen LogP contribution in [-0.2, 0) is 0 Å². The van der Waals surface area contributed by atoms with Crippen LogP contribution in [0.1, 0.15) is 60.4 Å². The third-order valence-electron chi connectivity index (χ3n) is 7.01. The molecule has 4 unspecified atom stereocenters. The van der Waals surface area contributed by atoms with Crippen LogP contribution < -0.4 is 9.47 Å². The molecule has 0 spiro atoms. The molecule has 2 fully saturated rings. The van der Waals surface area contributed by atoms with Crippen LogP contribution in [0.4, 0.5) is 0 Å². The quantitative estimate of drug-likeness (QED) is 0.278. The van der Waals surface area contributed by atoms with Crippen LogP contribution in [0, 0.1) is 17.8 Å². The summed E-state index contributed by atoms with van der Waals surface area (Å²) in [6, 6.07) is 15.1. The largest absolute Gasteiger partial charge is 0.490 e. The topological polar surface area (TPSA) is 35.5 Å². The molecular formula is C28H32O3. The maximum atomic E-state index is 12.5. The highest BCUT2D eigenvalue weighted by atomic mass is 16.5. The van der Waals surface area contributed by atoms with Crippen molar-refractivity contribution in [3.8, 4) is 11.5 Å². The Balaban J connectivity index is 1.33. The van der Waals surface area contributed by atoms with Crippen LogP contribution in [0.15, 0.2) is 73.8 Å². The number of carbonyl (C=O) groups is 1. The van der Waals surface area contributed by atoms with Gasteiger partial charge in [0, 0.05) is 0 Å². The Morgan fingerprint density at radius 2 is 1.55 bits per heavy atom. The number of hydrogen-bond donors (Lipinski definition) is 0. The molecule has 0 aliphatic heterocycles. The van der Waals surface area contributed by atoms with E-state index in [1.807, 2.05) is 12.1 Å². The average molecular weight is 417 g/mol. The fourth-order valence-electron chi connectivity index (χ4n) is 5.26. The second kappa shape index (κ2) is 10.00. The van der Waals surface area contributed by atoms with Crippen molar-refractivity contribution in [3.63, 3.8) is 0 Å². The number of ether oxygens (including phenoxy) is 2. The van der Waals surface area contributed by atoms with Gasteiger partial charge in [-0.05, 0) is 104 Å². The highest BCUT2D eigenvalue weighted by Crippen LogP contribution is 2.47. The van der Waals surface area contributed by atoms with Gasteiger partial charge in [-0.2, -0.15) is 0 Å². The molecule has 0 saturated heterocycles. The molecule has 3 nitrogen and oxygen atoms in total. The molecule has 162 valence electrons. The zero-order valence-corrected chi connectivity index (χ0v) is 18.2. The lowest BCUT2D eigenvalue weighted by atomic mass is 9.64. The van der Waals surface area contributed by atoms with Gasteiger partial charge >= 0.3 is 5.97 Å². The summed E-state index contributed by atoms with van der Waals surface area (Å²) in [5.41, 5.74) is 1.93. The summed E-state index contributed by atoms with van der Waals surface area (Å²) in [5, 5.41) is 0. The molecule has 2 aromatic rings. The monoisotopic (exact) mass is 416 g/mol. The van der Waals surface area contributed by atoms with Crippen molar-refractivity contribution in [2.75, 3.05) is 6.61 Å². The highest BCUT2D eigenvalue weighted by molar-refractivity contribution is 5.91. The van der Waals surface area contributed by atoms with Crippen LogP contribution in [0.2, 0.25) is 0 Å². The fraction of sp³-hybridized carbons (Fsp3) is 0.393. The second-order valence-electron chi connectivity index (χ2n) is 8.92. The van der Waals surface area contributed by atoms with E-state index in [0.29, 0.717) is 23.8 Å². The van der Waals surface area contributed by atoms with Gasteiger partial charge in [0.1, 0.15) is 18.1 Å². The van der Waals surface area contributed by atoms with Gasteiger partial charge < -0.3 is 9.47 Å². The first-order chi connectivity index (χ1) is 15.2. The third-order valence-corrected chi connectivity index (χ3v) is 7.01. The molecule has 31 heavy (non-hydrogen) atoms. The first kappa shape index (κ1) is 21.4. The van der Waals surface area contributed by atoms with Gasteiger partial charge in [-0.1, -0.05) is 30.9 Å². The van der Waals surface area contributed by atoms with Crippen molar-refractivity contribution >= 4 is 5.97 Å². The van der Waals surface area contributed by atoms with E-state index in [9.17, 15) is 4.79 Å². The second-order valence-corrected chi connectivity index (χ2v) is 8.92. The first-order valence-corrected chi connectivity index (χ1v) is 11.4. The third kappa shape index (κ3) is 5.28. The summed E-state index contributed by atoms with van der Waals surface area (Å²) in [6.45, 7) is 8.08. The normalized spacial score (nSPS) is 25.2. The Labute approximate surface area is 185 Å². The molecule has 3 heteroatoms. The molecule has 0 bridgehead atoms. The van der Waals surface area contributed by atoms with Crippen molar-refractivity contribution in [2.45, 2.75) is 44.4 Å². The Bertz CT molecular complexity index is 897. The molecule has 0 amide bonds. The molecular weight excluding hydrogens is 384 g/mol. The van der Waals surface area contributed by atoms with Gasteiger partial charge in [0.2, 0.25) is 0 Å². The van der Waals surface area contributed by atoms with Crippen LogP contribution in [0.5, 0.6) is 11.5 Å². The summed E-state index contributed by atoms with van der Waals surface area (Å²) in [5.74, 6) is 3.94. The number of benzene rings is 2. The van der Waals surface area contributed by atoms with Gasteiger partial charge in [-0.3, -0.25) is 0 Å². The minimum absolute atomic E-state index is 0.335. The van der Waals surface area contributed by atoms with Crippen LogP contribution in [0.25, 0.3) is 0 Å². The molecule has 0 N–H and O–H groups in total. The van der Waals surface area contributed by atoms with Crippen molar-refractivity contribution < 1.29 is 14.3 Å². The van der Waals surface area contributed by atoms with Crippen LogP contribution in [-0.4, -0.2) is 12.6 Å². The lowest BCUT2D eigenvalue weighted by molar-refractivity contribution is 0.0734. The van der Waals surface area contributed by atoms with Crippen LogP contribution in [0.3, 0.4) is 0 Å². The molecule has 2 aliphatic rings. The molecule has 2 aromatic carbocycles.